The molecular weight excluding hydrogens is 159 g/mol. The van der Waals surface area contributed by atoms with Crippen LogP contribution in [-0.4, -0.2) is 16.7 Å². The van der Waals surface area contributed by atoms with Gasteiger partial charge in [0.05, 0.1) is 6.20 Å². The zero-order valence-electron chi connectivity index (χ0n) is 6.57. The fraction of sp³-hybridized carbons (Fsp3) is 0.375. The van der Waals surface area contributed by atoms with Gasteiger partial charge in [0.25, 0.3) is 0 Å². The number of aromatic nitrogens is 1. The van der Waals surface area contributed by atoms with Gasteiger partial charge in [-0.1, -0.05) is 0 Å². The lowest BCUT2D eigenvalue weighted by Gasteiger charge is -2.08. The molecule has 0 aliphatic carbocycles. The SMILES string of the molecule is N[C@H](CCO)c1cncc(F)c1. The summed E-state index contributed by atoms with van der Waals surface area (Å²) in [6.07, 6.45) is 3.05. The third kappa shape index (κ3) is 2.25. The summed E-state index contributed by atoms with van der Waals surface area (Å²) in [5, 5.41) is 8.57. The first kappa shape index (κ1) is 9.09. The number of aliphatic hydroxyl groups excluding tert-OH is 1. The molecule has 0 bridgehead atoms. The van der Waals surface area contributed by atoms with E-state index in [0.717, 1.165) is 6.20 Å². The Morgan fingerprint density at radius 1 is 1.58 bits per heavy atom. The van der Waals surface area contributed by atoms with E-state index in [1.165, 1.54) is 12.3 Å². The Labute approximate surface area is 70.0 Å². The Balaban J connectivity index is 2.73. The molecule has 0 fully saturated rings. The fourth-order valence-electron chi connectivity index (χ4n) is 0.937. The van der Waals surface area contributed by atoms with Gasteiger partial charge in [0.1, 0.15) is 5.82 Å². The van der Waals surface area contributed by atoms with Crippen molar-refractivity contribution in [1.29, 1.82) is 0 Å². The number of hydrogen-bond acceptors (Lipinski definition) is 3. The summed E-state index contributed by atoms with van der Waals surface area (Å²) in [7, 11) is 0. The lowest BCUT2D eigenvalue weighted by molar-refractivity contribution is 0.276. The van der Waals surface area contributed by atoms with Crippen LogP contribution in [0, 0.1) is 5.82 Å². The fourth-order valence-corrected chi connectivity index (χ4v) is 0.937. The quantitative estimate of drug-likeness (QED) is 0.698. The van der Waals surface area contributed by atoms with Gasteiger partial charge in [-0.25, -0.2) is 4.39 Å². The highest BCUT2D eigenvalue weighted by atomic mass is 19.1. The molecule has 3 N–H and O–H groups in total. The molecule has 1 heterocycles. The van der Waals surface area contributed by atoms with Crippen molar-refractivity contribution in [2.45, 2.75) is 12.5 Å². The van der Waals surface area contributed by atoms with Crippen molar-refractivity contribution in [2.24, 2.45) is 5.73 Å². The van der Waals surface area contributed by atoms with E-state index in [4.69, 9.17) is 10.8 Å². The molecule has 4 heteroatoms. The van der Waals surface area contributed by atoms with E-state index in [0.29, 0.717) is 12.0 Å². The van der Waals surface area contributed by atoms with Crippen LogP contribution in [0.25, 0.3) is 0 Å². The smallest absolute Gasteiger partial charge is 0.141 e. The van der Waals surface area contributed by atoms with Crippen LogP contribution >= 0.6 is 0 Å². The molecule has 12 heavy (non-hydrogen) atoms. The maximum atomic E-state index is 12.6. The maximum absolute atomic E-state index is 12.6. The second-order valence-electron chi connectivity index (χ2n) is 2.56. The summed E-state index contributed by atoms with van der Waals surface area (Å²) in [6.45, 7) is -0.00230. The second kappa shape index (κ2) is 4.13. The third-order valence-corrected chi connectivity index (χ3v) is 1.59. The molecule has 0 aliphatic heterocycles. The molecule has 0 aliphatic rings. The first-order valence-corrected chi connectivity index (χ1v) is 3.71. The topological polar surface area (TPSA) is 59.1 Å². The monoisotopic (exact) mass is 170 g/mol. The minimum Gasteiger partial charge on any atom is -0.396 e. The summed E-state index contributed by atoms with van der Waals surface area (Å²) in [5.74, 6) is -0.402. The van der Waals surface area contributed by atoms with Gasteiger partial charge in [0.15, 0.2) is 0 Å². The summed E-state index contributed by atoms with van der Waals surface area (Å²) in [6, 6.07) is 0.992. The number of aliphatic hydroxyl groups is 1. The normalized spacial score (nSPS) is 12.9. The summed E-state index contributed by atoms with van der Waals surface area (Å²) in [5.41, 5.74) is 6.22. The van der Waals surface area contributed by atoms with Crippen LogP contribution in [0.1, 0.15) is 18.0 Å². The van der Waals surface area contributed by atoms with E-state index < -0.39 is 5.82 Å². The van der Waals surface area contributed by atoms with Crippen molar-refractivity contribution < 1.29 is 9.50 Å². The Kier molecular flexibility index (Phi) is 3.13. The Morgan fingerprint density at radius 2 is 2.33 bits per heavy atom. The van der Waals surface area contributed by atoms with Crippen molar-refractivity contribution in [3.05, 3.63) is 29.8 Å². The molecule has 66 valence electrons. The zero-order valence-corrected chi connectivity index (χ0v) is 6.57. The van der Waals surface area contributed by atoms with Gasteiger partial charge in [-0.05, 0) is 18.1 Å². The number of rotatable bonds is 3. The van der Waals surface area contributed by atoms with Gasteiger partial charge in [0.2, 0.25) is 0 Å². The number of pyridine rings is 1. The summed E-state index contributed by atoms with van der Waals surface area (Å²) in [4.78, 5) is 3.65. The molecule has 3 nitrogen and oxygen atoms in total. The van der Waals surface area contributed by atoms with Gasteiger partial charge < -0.3 is 10.8 Å². The standard InChI is InChI=1S/C8H11FN2O/c9-7-3-6(4-11-5-7)8(10)1-2-12/h3-5,8,12H,1-2,10H2/t8-/m1/s1. The molecule has 1 aromatic rings. The molecule has 0 saturated carbocycles. The summed E-state index contributed by atoms with van der Waals surface area (Å²) < 4.78 is 12.6. The van der Waals surface area contributed by atoms with Crippen LogP contribution in [0.2, 0.25) is 0 Å². The molecule has 1 rings (SSSR count). The van der Waals surface area contributed by atoms with Crippen LogP contribution in [0.15, 0.2) is 18.5 Å². The van der Waals surface area contributed by atoms with Gasteiger partial charge in [0, 0.05) is 18.8 Å². The average Bonchev–Trinajstić information content (AvgIpc) is 2.05. The third-order valence-electron chi connectivity index (χ3n) is 1.59. The largest absolute Gasteiger partial charge is 0.396 e. The molecule has 0 unspecified atom stereocenters. The highest BCUT2D eigenvalue weighted by Crippen LogP contribution is 2.12. The number of nitrogens with two attached hydrogens (primary N) is 1. The highest BCUT2D eigenvalue weighted by Gasteiger charge is 2.05. The lowest BCUT2D eigenvalue weighted by atomic mass is 10.1. The van der Waals surface area contributed by atoms with Crippen molar-refractivity contribution >= 4 is 0 Å². The number of nitrogens with zero attached hydrogens (tertiary/aromatic N) is 1. The average molecular weight is 170 g/mol. The molecule has 0 saturated heterocycles. The Bertz CT molecular complexity index is 255. The van der Waals surface area contributed by atoms with Crippen molar-refractivity contribution in [2.75, 3.05) is 6.61 Å². The van der Waals surface area contributed by atoms with Crippen LogP contribution < -0.4 is 5.73 Å². The van der Waals surface area contributed by atoms with E-state index in [1.807, 2.05) is 0 Å². The number of halogens is 1. The van der Waals surface area contributed by atoms with Gasteiger partial charge in [-0.2, -0.15) is 0 Å². The predicted octanol–water partition coefficient (Wildman–Crippen LogP) is 0.603. The van der Waals surface area contributed by atoms with Gasteiger partial charge in [-0.3, -0.25) is 4.98 Å². The first-order valence-electron chi connectivity index (χ1n) is 3.71. The van der Waals surface area contributed by atoms with Gasteiger partial charge >= 0.3 is 0 Å². The van der Waals surface area contributed by atoms with E-state index in [1.54, 1.807) is 0 Å². The van der Waals surface area contributed by atoms with Crippen LogP contribution in [-0.2, 0) is 0 Å². The first-order chi connectivity index (χ1) is 5.74. The van der Waals surface area contributed by atoms with Crippen molar-refractivity contribution in [3.63, 3.8) is 0 Å². The van der Waals surface area contributed by atoms with E-state index in [9.17, 15) is 4.39 Å². The van der Waals surface area contributed by atoms with Crippen molar-refractivity contribution in [1.82, 2.24) is 4.98 Å². The minimum absolute atomic E-state index is 0.00230. The summed E-state index contributed by atoms with van der Waals surface area (Å²) >= 11 is 0. The van der Waals surface area contributed by atoms with Gasteiger partial charge in [-0.15, -0.1) is 0 Å². The van der Waals surface area contributed by atoms with E-state index >= 15 is 0 Å². The second-order valence-corrected chi connectivity index (χ2v) is 2.56. The zero-order chi connectivity index (χ0) is 8.97. The number of hydrogen-bond donors (Lipinski definition) is 2. The van der Waals surface area contributed by atoms with E-state index in [-0.39, 0.29) is 12.6 Å². The molecular formula is C8H11FN2O. The molecule has 1 aromatic heterocycles. The Morgan fingerprint density at radius 3 is 2.92 bits per heavy atom. The van der Waals surface area contributed by atoms with Crippen LogP contribution in [0.4, 0.5) is 4.39 Å². The molecule has 0 spiro atoms. The maximum Gasteiger partial charge on any atom is 0.141 e. The highest BCUT2D eigenvalue weighted by molar-refractivity contribution is 5.14. The predicted molar refractivity (Wildman–Crippen MR) is 42.8 cm³/mol. The molecule has 0 radical (unpaired) electrons. The Hall–Kier alpha value is -1.00. The van der Waals surface area contributed by atoms with Crippen LogP contribution in [0.5, 0.6) is 0 Å². The minimum atomic E-state index is -0.402. The van der Waals surface area contributed by atoms with Crippen LogP contribution in [0.3, 0.4) is 0 Å². The van der Waals surface area contributed by atoms with Crippen molar-refractivity contribution in [3.8, 4) is 0 Å². The molecule has 1 atom stereocenters. The molecule has 0 aromatic carbocycles. The lowest BCUT2D eigenvalue weighted by Crippen LogP contribution is -2.12. The molecule has 0 amide bonds. The van der Waals surface area contributed by atoms with E-state index in [2.05, 4.69) is 4.98 Å².